The molecule has 0 bridgehead atoms. The molecular weight excluding hydrogens is 262 g/mol. The van der Waals surface area contributed by atoms with Gasteiger partial charge in [-0.25, -0.2) is 0 Å². The Hall–Kier alpha value is -1.73. The molecule has 1 fully saturated rings. The molecule has 3 unspecified atom stereocenters. The predicted octanol–water partition coefficient (Wildman–Crippen LogP) is 1.52. The second kappa shape index (κ2) is 6.62. The van der Waals surface area contributed by atoms with Crippen LogP contribution >= 0.6 is 0 Å². The number of nitro groups is 1. The number of rotatable bonds is 7. The van der Waals surface area contributed by atoms with E-state index in [-0.39, 0.29) is 29.8 Å². The van der Waals surface area contributed by atoms with Crippen LogP contribution in [-0.4, -0.2) is 41.3 Å². The molecule has 7 heteroatoms. The summed E-state index contributed by atoms with van der Waals surface area (Å²) < 4.78 is 11.4. The highest BCUT2D eigenvalue weighted by Gasteiger charge is 2.44. The third kappa shape index (κ3) is 3.05. The second-order valence-electron chi connectivity index (χ2n) is 4.56. The Labute approximate surface area is 117 Å². The van der Waals surface area contributed by atoms with Crippen molar-refractivity contribution in [3.8, 4) is 5.75 Å². The molecule has 1 aromatic rings. The minimum absolute atomic E-state index is 0.0836. The summed E-state index contributed by atoms with van der Waals surface area (Å²) in [5, 5.41) is 14.2. The molecule has 110 valence electrons. The molecule has 0 saturated heterocycles. The molecule has 1 heterocycles. The van der Waals surface area contributed by atoms with Crippen LogP contribution in [0, 0.1) is 10.1 Å². The molecule has 0 radical (unpaired) electrons. The van der Waals surface area contributed by atoms with E-state index in [2.05, 4.69) is 10.3 Å². The molecular formula is C13H19N3O4. The molecule has 1 aromatic heterocycles. The average Bonchev–Trinajstić information content (AvgIpc) is 2.44. The van der Waals surface area contributed by atoms with E-state index in [0.717, 1.165) is 13.0 Å². The van der Waals surface area contributed by atoms with Crippen molar-refractivity contribution in [2.75, 3.05) is 13.2 Å². The SMILES string of the molecule is CCNC1CC(Oc2cccnc2[N+](=O)[O-])C1OCC. The summed E-state index contributed by atoms with van der Waals surface area (Å²) in [5.74, 6) is -0.0585. The van der Waals surface area contributed by atoms with Crippen molar-refractivity contribution in [3.63, 3.8) is 0 Å². The molecule has 1 aliphatic rings. The van der Waals surface area contributed by atoms with Crippen LogP contribution in [0.25, 0.3) is 0 Å². The highest BCUT2D eigenvalue weighted by molar-refractivity contribution is 5.39. The molecule has 0 spiro atoms. The van der Waals surface area contributed by atoms with Gasteiger partial charge in [0.15, 0.2) is 0 Å². The average molecular weight is 281 g/mol. The van der Waals surface area contributed by atoms with Crippen molar-refractivity contribution in [1.29, 1.82) is 0 Å². The summed E-state index contributed by atoms with van der Waals surface area (Å²) in [6.45, 7) is 5.39. The predicted molar refractivity (Wildman–Crippen MR) is 72.8 cm³/mol. The van der Waals surface area contributed by atoms with Gasteiger partial charge in [0.2, 0.25) is 5.75 Å². The monoisotopic (exact) mass is 281 g/mol. The van der Waals surface area contributed by atoms with Crippen LogP contribution in [0.1, 0.15) is 20.3 Å². The normalized spacial score (nSPS) is 25.0. The largest absolute Gasteiger partial charge is 0.479 e. The van der Waals surface area contributed by atoms with Gasteiger partial charge in [-0.2, -0.15) is 0 Å². The van der Waals surface area contributed by atoms with E-state index >= 15 is 0 Å². The number of hydrogen-bond donors (Lipinski definition) is 1. The summed E-state index contributed by atoms with van der Waals surface area (Å²) in [5.41, 5.74) is 0. The van der Waals surface area contributed by atoms with Crippen molar-refractivity contribution in [2.45, 2.75) is 38.5 Å². The first-order valence-electron chi connectivity index (χ1n) is 6.78. The zero-order valence-electron chi connectivity index (χ0n) is 11.6. The van der Waals surface area contributed by atoms with E-state index in [4.69, 9.17) is 9.47 Å². The Balaban J connectivity index is 2.05. The zero-order valence-corrected chi connectivity index (χ0v) is 11.6. The summed E-state index contributed by atoms with van der Waals surface area (Å²) in [4.78, 5) is 14.1. The lowest BCUT2D eigenvalue weighted by molar-refractivity contribution is -0.391. The van der Waals surface area contributed by atoms with Crippen molar-refractivity contribution < 1.29 is 14.4 Å². The van der Waals surface area contributed by atoms with Crippen LogP contribution < -0.4 is 10.1 Å². The van der Waals surface area contributed by atoms with Crippen LogP contribution in [0.15, 0.2) is 18.3 Å². The van der Waals surface area contributed by atoms with Crippen molar-refractivity contribution in [2.24, 2.45) is 0 Å². The first-order valence-corrected chi connectivity index (χ1v) is 6.78. The highest BCUT2D eigenvalue weighted by Crippen LogP contribution is 2.32. The van der Waals surface area contributed by atoms with Crippen molar-refractivity contribution in [1.82, 2.24) is 10.3 Å². The fourth-order valence-corrected chi connectivity index (χ4v) is 2.35. The number of likely N-dealkylation sites (N-methyl/N-ethyl adjacent to an activating group) is 1. The number of pyridine rings is 1. The third-order valence-electron chi connectivity index (χ3n) is 3.28. The number of aromatic nitrogens is 1. The van der Waals surface area contributed by atoms with Crippen molar-refractivity contribution >= 4 is 5.82 Å². The summed E-state index contributed by atoms with van der Waals surface area (Å²) in [6.07, 6.45) is 1.89. The van der Waals surface area contributed by atoms with Gasteiger partial charge in [-0.05, 0) is 35.5 Å². The van der Waals surface area contributed by atoms with Gasteiger partial charge in [0.25, 0.3) is 0 Å². The molecule has 20 heavy (non-hydrogen) atoms. The summed E-state index contributed by atoms with van der Waals surface area (Å²) in [6, 6.07) is 3.42. The molecule has 0 amide bonds. The standard InChI is InChI=1S/C13H19N3O4/c1-3-14-9-8-11(12(9)19-4-2)20-10-6-5-7-15-13(10)16(17)18/h5-7,9,11-12,14H,3-4,8H2,1-2H3. The Morgan fingerprint density at radius 1 is 1.55 bits per heavy atom. The third-order valence-corrected chi connectivity index (χ3v) is 3.28. The smallest absolute Gasteiger partial charge is 0.406 e. The Morgan fingerprint density at radius 3 is 3.00 bits per heavy atom. The van der Waals surface area contributed by atoms with Gasteiger partial charge in [0.1, 0.15) is 18.4 Å². The van der Waals surface area contributed by atoms with Crippen LogP contribution in [0.4, 0.5) is 5.82 Å². The van der Waals surface area contributed by atoms with E-state index in [1.807, 2.05) is 13.8 Å². The topological polar surface area (TPSA) is 86.5 Å². The van der Waals surface area contributed by atoms with Gasteiger partial charge in [-0.3, -0.25) is 0 Å². The molecule has 1 N–H and O–H groups in total. The van der Waals surface area contributed by atoms with Crippen molar-refractivity contribution in [3.05, 3.63) is 28.4 Å². The second-order valence-corrected chi connectivity index (χ2v) is 4.56. The fraction of sp³-hybridized carbons (Fsp3) is 0.615. The zero-order chi connectivity index (χ0) is 14.5. The molecule has 1 saturated carbocycles. The quantitative estimate of drug-likeness (QED) is 0.602. The number of ether oxygens (including phenoxy) is 2. The van der Waals surface area contributed by atoms with Crippen LogP contribution in [-0.2, 0) is 4.74 Å². The minimum Gasteiger partial charge on any atom is -0.479 e. The van der Waals surface area contributed by atoms with Gasteiger partial charge in [-0.15, -0.1) is 0 Å². The van der Waals surface area contributed by atoms with E-state index in [1.54, 1.807) is 12.1 Å². The first-order chi connectivity index (χ1) is 9.67. The maximum atomic E-state index is 10.9. The van der Waals surface area contributed by atoms with Gasteiger partial charge in [0.05, 0.1) is 0 Å². The van der Waals surface area contributed by atoms with Gasteiger partial charge >= 0.3 is 5.82 Å². The Kier molecular flexibility index (Phi) is 4.86. The van der Waals surface area contributed by atoms with Gasteiger partial charge < -0.3 is 24.9 Å². The van der Waals surface area contributed by atoms with E-state index in [1.165, 1.54) is 6.20 Å². The minimum atomic E-state index is -0.536. The lowest BCUT2D eigenvalue weighted by atomic mass is 9.85. The van der Waals surface area contributed by atoms with E-state index < -0.39 is 4.92 Å². The van der Waals surface area contributed by atoms with Gasteiger partial charge in [-0.1, -0.05) is 6.92 Å². The van der Waals surface area contributed by atoms with Crippen LogP contribution in [0.3, 0.4) is 0 Å². The van der Waals surface area contributed by atoms with E-state index in [0.29, 0.717) is 6.61 Å². The number of nitrogens with zero attached hydrogens (tertiary/aromatic N) is 2. The lowest BCUT2D eigenvalue weighted by Gasteiger charge is -2.43. The Bertz CT molecular complexity index is 469. The molecule has 0 aromatic carbocycles. The molecule has 3 atom stereocenters. The molecule has 7 nitrogen and oxygen atoms in total. The van der Waals surface area contributed by atoms with Crippen LogP contribution in [0.5, 0.6) is 5.75 Å². The molecule has 0 aliphatic heterocycles. The highest BCUT2D eigenvalue weighted by atomic mass is 16.6. The molecule has 2 rings (SSSR count). The van der Waals surface area contributed by atoms with Crippen LogP contribution in [0.2, 0.25) is 0 Å². The van der Waals surface area contributed by atoms with Gasteiger partial charge in [0, 0.05) is 19.1 Å². The lowest BCUT2D eigenvalue weighted by Crippen LogP contribution is -2.61. The number of nitrogens with one attached hydrogen (secondary N) is 1. The maximum absolute atomic E-state index is 10.9. The maximum Gasteiger partial charge on any atom is 0.406 e. The summed E-state index contributed by atoms with van der Waals surface area (Å²) >= 11 is 0. The Morgan fingerprint density at radius 2 is 2.35 bits per heavy atom. The molecule has 1 aliphatic carbocycles. The summed E-state index contributed by atoms with van der Waals surface area (Å²) in [7, 11) is 0. The van der Waals surface area contributed by atoms with E-state index in [9.17, 15) is 10.1 Å². The number of hydrogen-bond acceptors (Lipinski definition) is 6. The fourth-order valence-electron chi connectivity index (χ4n) is 2.35. The first kappa shape index (κ1) is 14.7.